The van der Waals surface area contributed by atoms with Crippen molar-refractivity contribution in [2.75, 3.05) is 11.5 Å². The van der Waals surface area contributed by atoms with Gasteiger partial charge in [-0.25, -0.2) is 4.79 Å². The van der Waals surface area contributed by atoms with E-state index in [1.807, 2.05) is 0 Å². The summed E-state index contributed by atoms with van der Waals surface area (Å²) < 4.78 is 11.3. The van der Waals surface area contributed by atoms with E-state index in [2.05, 4.69) is 49.9 Å². The predicted molar refractivity (Wildman–Crippen MR) is 106 cm³/mol. The van der Waals surface area contributed by atoms with Gasteiger partial charge in [0.15, 0.2) is 0 Å². The summed E-state index contributed by atoms with van der Waals surface area (Å²) in [5.41, 5.74) is 3.51. The number of ether oxygens (including phenoxy) is 1. The molecule has 1 aliphatic heterocycles. The molecule has 1 saturated carbocycles. The molecule has 144 valence electrons. The molecule has 1 aliphatic carbocycles. The monoisotopic (exact) mass is 367 g/mol. The van der Waals surface area contributed by atoms with Gasteiger partial charge in [0.1, 0.15) is 11.3 Å². The minimum Gasteiger partial charge on any atom is -0.467 e. The van der Waals surface area contributed by atoms with Crippen LogP contribution >= 0.6 is 0 Å². The Morgan fingerprint density at radius 1 is 1.30 bits per heavy atom. The second kappa shape index (κ2) is 7.06. The van der Waals surface area contributed by atoms with Gasteiger partial charge >= 0.3 is 5.97 Å². The highest BCUT2D eigenvalue weighted by molar-refractivity contribution is 5.90. The maximum atomic E-state index is 12.6. The van der Waals surface area contributed by atoms with Gasteiger partial charge in [-0.1, -0.05) is 32.0 Å². The molecule has 1 aromatic heterocycles. The Bertz CT molecular complexity index is 823. The minimum absolute atomic E-state index is 0.261. The summed E-state index contributed by atoms with van der Waals surface area (Å²) in [5, 5.41) is 0. The van der Waals surface area contributed by atoms with Crippen LogP contribution in [0, 0.1) is 11.3 Å². The van der Waals surface area contributed by atoms with E-state index in [4.69, 9.17) is 9.15 Å². The molecule has 4 nitrogen and oxygen atoms in total. The molecule has 0 spiro atoms. The van der Waals surface area contributed by atoms with Crippen LogP contribution in [0.1, 0.15) is 61.7 Å². The van der Waals surface area contributed by atoms with Gasteiger partial charge in [-0.2, -0.15) is 0 Å². The lowest BCUT2D eigenvalue weighted by molar-refractivity contribution is 0.0433. The summed E-state index contributed by atoms with van der Waals surface area (Å²) in [4.78, 5) is 15.0. The van der Waals surface area contributed by atoms with Crippen LogP contribution in [-0.4, -0.2) is 18.6 Å². The SMILES string of the molecule is CC1Cc2ccccc2N1Cc1occc1C(=O)OCC1CCC(C)(C)C1. The molecular weight excluding hydrogens is 338 g/mol. The molecule has 2 heterocycles. The second-order valence-electron chi connectivity index (χ2n) is 8.94. The molecule has 0 radical (unpaired) electrons. The van der Waals surface area contributed by atoms with Crippen molar-refractivity contribution >= 4 is 11.7 Å². The van der Waals surface area contributed by atoms with Crippen molar-refractivity contribution in [1.82, 2.24) is 0 Å². The molecule has 2 unspecified atom stereocenters. The standard InChI is InChI=1S/C23H29NO3/c1-16-12-18-6-4-5-7-20(18)24(16)14-21-19(9-11-26-21)22(25)27-15-17-8-10-23(2,3)13-17/h4-7,9,11,16-17H,8,10,12-15H2,1-3H3. The Labute approximate surface area is 161 Å². The van der Waals surface area contributed by atoms with Crippen LogP contribution < -0.4 is 4.90 Å². The second-order valence-corrected chi connectivity index (χ2v) is 8.94. The number of para-hydroxylation sites is 1. The van der Waals surface area contributed by atoms with Crippen molar-refractivity contribution in [1.29, 1.82) is 0 Å². The van der Waals surface area contributed by atoms with Crippen LogP contribution in [0.3, 0.4) is 0 Å². The molecule has 0 amide bonds. The van der Waals surface area contributed by atoms with Crippen molar-refractivity contribution in [2.45, 2.75) is 59.0 Å². The first kappa shape index (κ1) is 18.1. The number of rotatable bonds is 5. The summed E-state index contributed by atoms with van der Waals surface area (Å²) in [5.74, 6) is 0.906. The topological polar surface area (TPSA) is 42.7 Å². The molecule has 2 atom stereocenters. The van der Waals surface area contributed by atoms with Gasteiger partial charge in [-0.15, -0.1) is 0 Å². The highest BCUT2D eigenvalue weighted by Gasteiger charge is 2.32. The highest BCUT2D eigenvalue weighted by Crippen LogP contribution is 2.41. The lowest BCUT2D eigenvalue weighted by Crippen LogP contribution is -2.29. The average Bonchev–Trinajstić information content (AvgIpc) is 3.31. The third-order valence-electron chi connectivity index (χ3n) is 6.15. The van der Waals surface area contributed by atoms with Crippen molar-refractivity contribution < 1.29 is 13.9 Å². The Hall–Kier alpha value is -2.23. The van der Waals surface area contributed by atoms with E-state index in [0.717, 1.165) is 19.3 Å². The van der Waals surface area contributed by atoms with Gasteiger partial charge in [0.2, 0.25) is 0 Å². The smallest absolute Gasteiger partial charge is 0.341 e. The van der Waals surface area contributed by atoms with Gasteiger partial charge in [0.05, 0.1) is 19.4 Å². The van der Waals surface area contributed by atoms with Gasteiger partial charge in [0.25, 0.3) is 0 Å². The molecule has 2 aromatic rings. The molecule has 0 bridgehead atoms. The van der Waals surface area contributed by atoms with Crippen LogP contribution in [0.4, 0.5) is 5.69 Å². The van der Waals surface area contributed by atoms with Crippen molar-refractivity contribution in [3.05, 3.63) is 53.5 Å². The zero-order valence-corrected chi connectivity index (χ0v) is 16.5. The van der Waals surface area contributed by atoms with Crippen LogP contribution in [0.5, 0.6) is 0 Å². The maximum absolute atomic E-state index is 12.6. The van der Waals surface area contributed by atoms with E-state index in [-0.39, 0.29) is 5.97 Å². The third kappa shape index (κ3) is 3.76. The maximum Gasteiger partial charge on any atom is 0.341 e. The highest BCUT2D eigenvalue weighted by atomic mass is 16.5. The number of hydrogen-bond acceptors (Lipinski definition) is 4. The zero-order chi connectivity index (χ0) is 19.0. The molecule has 2 aliphatic rings. The Morgan fingerprint density at radius 3 is 2.89 bits per heavy atom. The minimum atomic E-state index is -0.261. The van der Waals surface area contributed by atoms with Crippen LogP contribution in [0.15, 0.2) is 41.0 Å². The number of carbonyl (C=O) groups excluding carboxylic acids is 1. The van der Waals surface area contributed by atoms with E-state index >= 15 is 0 Å². The van der Waals surface area contributed by atoms with E-state index in [9.17, 15) is 4.79 Å². The Kier molecular flexibility index (Phi) is 4.75. The summed E-state index contributed by atoms with van der Waals surface area (Å²) in [6.07, 6.45) is 6.09. The molecular formula is C23H29NO3. The van der Waals surface area contributed by atoms with E-state index < -0.39 is 0 Å². The number of fused-ring (bicyclic) bond motifs is 1. The summed E-state index contributed by atoms with van der Waals surface area (Å²) >= 11 is 0. The first-order valence-electron chi connectivity index (χ1n) is 10.0. The number of benzene rings is 1. The van der Waals surface area contributed by atoms with Crippen molar-refractivity contribution in [3.63, 3.8) is 0 Å². The first-order chi connectivity index (χ1) is 12.9. The van der Waals surface area contributed by atoms with E-state index in [0.29, 0.717) is 41.9 Å². The first-order valence-corrected chi connectivity index (χ1v) is 10.0. The van der Waals surface area contributed by atoms with Gasteiger partial charge in [-0.05, 0) is 61.6 Å². The normalized spacial score (nSPS) is 23.4. The summed E-state index contributed by atoms with van der Waals surface area (Å²) in [6.45, 7) is 7.89. The summed E-state index contributed by atoms with van der Waals surface area (Å²) in [6, 6.07) is 10.6. The molecule has 0 saturated heterocycles. The molecule has 1 aromatic carbocycles. The number of carbonyl (C=O) groups is 1. The molecule has 27 heavy (non-hydrogen) atoms. The van der Waals surface area contributed by atoms with Gasteiger partial charge in [0, 0.05) is 11.7 Å². The quantitative estimate of drug-likeness (QED) is 0.680. The third-order valence-corrected chi connectivity index (χ3v) is 6.15. The largest absolute Gasteiger partial charge is 0.467 e. The van der Waals surface area contributed by atoms with Crippen LogP contribution in [0.2, 0.25) is 0 Å². The number of hydrogen-bond donors (Lipinski definition) is 0. The van der Waals surface area contributed by atoms with Crippen LogP contribution in [-0.2, 0) is 17.7 Å². The zero-order valence-electron chi connectivity index (χ0n) is 16.5. The van der Waals surface area contributed by atoms with Gasteiger partial charge < -0.3 is 14.1 Å². The fraction of sp³-hybridized carbons (Fsp3) is 0.522. The number of anilines is 1. The fourth-order valence-electron chi connectivity index (χ4n) is 4.66. The lowest BCUT2D eigenvalue weighted by atomic mass is 9.91. The molecule has 1 fully saturated rings. The molecule has 0 N–H and O–H groups in total. The number of furan rings is 1. The Balaban J connectivity index is 1.42. The van der Waals surface area contributed by atoms with Crippen molar-refractivity contribution in [3.8, 4) is 0 Å². The number of nitrogens with zero attached hydrogens (tertiary/aromatic N) is 1. The van der Waals surface area contributed by atoms with Gasteiger partial charge in [-0.3, -0.25) is 0 Å². The molecule has 4 rings (SSSR count). The fourth-order valence-corrected chi connectivity index (χ4v) is 4.66. The van der Waals surface area contributed by atoms with Crippen molar-refractivity contribution in [2.24, 2.45) is 11.3 Å². The predicted octanol–water partition coefficient (Wildman–Crippen LogP) is 5.21. The molecule has 4 heteroatoms. The van der Waals surface area contributed by atoms with E-state index in [1.165, 1.54) is 17.7 Å². The Morgan fingerprint density at radius 2 is 2.11 bits per heavy atom. The lowest BCUT2D eigenvalue weighted by Gasteiger charge is -2.24. The average molecular weight is 367 g/mol. The summed E-state index contributed by atoms with van der Waals surface area (Å²) in [7, 11) is 0. The van der Waals surface area contributed by atoms with Crippen LogP contribution in [0.25, 0.3) is 0 Å². The number of esters is 1. The van der Waals surface area contributed by atoms with E-state index in [1.54, 1.807) is 12.3 Å².